The van der Waals surface area contributed by atoms with Crippen molar-refractivity contribution in [3.05, 3.63) is 32.6 Å². The Labute approximate surface area is 81.3 Å². The molecule has 0 unspecified atom stereocenters. The zero-order valence-electron chi connectivity index (χ0n) is 8.37. The van der Waals surface area contributed by atoms with Gasteiger partial charge in [0.25, 0.3) is 5.56 Å². The first-order valence-corrected chi connectivity index (χ1v) is 4.59. The van der Waals surface area contributed by atoms with Crippen LogP contribution in [0.2, 0.25) is 0 Å². The summed E-state index contributed by atoms with van der Waals surface area (Å²) in [7, 11) is 0. The summed E-state index contributed by atoms with van der Waals surface area (Å²) in [5, 5.41) is 0. The molecule has 0 aliphatic carbocycles. The minimum absolute atomic E-state index is 0.269. The number of hydrogen-bond acceptors (Lipinski definition) is 3. The van der Waals surface area contributed by atoms with Gasteiger partial charge in [0.15, 0.2) is 0 Å². The number of aromatic nitrogens is 2. The Kier molecular flexibility index (Phi) is 3.64. The van der Waals surface area contributed by atoms with Gasteiger partial charge in [-0.05, 0) is 13.8 Å². The molecule has 1 aromatic heterocycles. The van der Waals surface area contributed by atoms with Crippen LogP contribution >= 0.6 is 0 Å². The van der Waals surface area contributed by atoms with Gasteiger partial charge in [-0.3, -0.25) is 9.36 Å². The van der Waals surface area contributed by atoms with Crippen LogP contribution < -0.4 is 11.2 Å². The van der Waals surface area contributed by atoms with Crippen LogP contribution in [0.5, 0.6) is 0 Å². The third kappa shape index (κ3) is 2.32. The number of ether oxygens (including phenoxy) is 1. The highest BCUT2D eigenvalue weighted by Gasteiger charge is 2.01. The molecule has 14 heavy (non-hydrogen) atoms. The molecule has 5 nitrogen and oxygen atoms in total. The van der Waals surface area contributed by atoms with E-state index < -0.39 is 0 Å². The first-order valence-electron chi connectivity index (χ1n) is 4.59. The molecule has 5 heteroatoms. The largest absolute Gasteiger partial charge is 0.376 e. The van der Waals surface area contributed by atoms with E-state index in [4.69, 9.17) is 4.74 Å². The Morgan fingerprint density at radius 2 is 2.14 bits per heavy atom. The highest BCUT2D eigenvalue weighted by Crippen LogP contribution is 1.89. The van der Waals surface area contributed by atoms with Crippen LogP contribution in [0.1, 0.15) is 19.5 Å². The van der Waals surface area contributed by atoms with Crippen molar-refractivity contribution in [2.24, 2.45) is 0 Å². The van der Waals surface area contributed by atoms with Crippen LogP contribution in [-0.4, -0.2) is 16.2 Å². The predicted molar refractivity (Wildman–Crippen MR) is 52.3 cm³/mol. The average molecular weight is 198 g/mol. The lowest BCUT2D eigenvalue weighted by molar-refractivity contribution is 0.130. The molecule has 0 aliphatic rings. The van der Waals surface area contributed by atoms with Gasteiger partial charge in [-0.1, -0.05) is 0 Å². The standard InChI is InChI=1S/C9H14N2O3/c1-3-11-8(12)5-7(6-14-4-2)10-9(11)13/h5H,3-4,6H2,1-2H3,(H,10,13). The molecule has 0 radical (unpaired) electrons. The Morgan fingerprint density at radius 3 is 2.64 bits per heavy atom. The average Bonchev–Trinajstić information content (AvgIpc) is 2.14. The highest BCUT2D eigenvalue weighted by molar-refractivity contribution is 4.98. The Hall–Kier alpha value is -1.36. The molecule has 1 aromatic rings. The lowest BCUT2D eigenvalue weighted by Gasteiger charge is -2.03. The van der Waals surface area contributed by atoms with Crippen molar-refractivity contribution < 1.29 is 4.74 Å². The summed E-state index contributed by atoms with van der Waals surface area (Å²) in [5.74, 6) is 0. The lowest BCUT2D eigenvalue weighted by Crippen LogP contribution is -2.34. The molecular formula is C9H14N2O3. The van der Waals surface area contributed by atoms with Gasteiger partial charge in [0, 0.05) is 19.2 Å². The van der Waals surface area contributed by atoms with Gasteiger partial charge in [-0.15, -0.1) is 0 Å². The Morgan fingerprint density at radius 1 is 1.43 bits per heavy atom. The van der Waals surface area contributed by atoms with Gasteiger partial charge in [-0.2, -0.15) is 0 Å². The zero-order chi connectivity index (χ0) is 10.6. The quantitative estimate of drug-likeness (QED) is 0.745. The number of hydrogen-bond donors (Lipinski definition) is 1. The molecule has 0 aliphatic heterocycles. The second-order valence-corrected chi connectivity index (χ2v) is 2.82. The maximum Gasteiger partial charge on any atom is 0.328 e. The maximum atomic E-state index is 11.3. The molecule has 0 saturated carbocycles. The van der Waals surface area contributed by atoms with Crippen LogP contribution in [0.3, 0.4) is 0 Å². The topological polar surface area (TPSA) is 64.1 Å². The molecule has 0 bridgehead atoms. The van der Waals surface area contributed by atoms with Crippen molar-refractivity contribution in [1.82, 2.24) is 9.55 Å². The van der Waals surface area contributed by atoms with Crippen molar-refractivity contribution in [1.29, 1.82) is 0 Å². The number of aromatic amines is 1. The lowest BCUT2D eigenvalue weighted by atomic mass is 10.4. The molecule has 1 rings (SSSR count). The first kappa shape index (κ1) is 10.7. The van der Waals surface area contributed by atoms with Crippen molar-refractivity contribution >= 4 is 0 Å². The number of rotatable bonds is 4. The summed E-state index contributed by atoms with van der Waals surface area (Å²) in [5.41, 5.74) is -0.146. The molecule has 0 spiro atoms. The van der Waals surface area contributed by atoms with Crippen LogP contribution in [-0.2, 0) is 17.9 Å². The first-order chi connectivity index (χ1) is 6.69. The third-order valence-corrected chi connectivity index (χ3v) is 1.85. The molecule has 0 aromatic carbocycles. The SMILES string of the molecule is CCOCc1cc(=O)n(CC)c(=O)[nH]1. The zero-order valence-corrected chi connectivity index (χ0v) is 8.37. The van der Waals surface area contributed by atoms with Crippen molar-refractivity contribution in [2.75, 3.05) is 6.61 Å². The summed E-state index contributed by atoms with van der Waals surface area (Å²) in [6, 6.07) is 1.39. The third-order valence-electron chi connectivity index (χ3n) is 1.85. The summed E-state index contributed by atoms with van der Waals surface area (Å²) < 4.78 is 6.22. The molecular weight excluding hydrogens is 184 g/mol. The van der Waals surface area contributed by atoms with Crippen LogP contribution in [0.4, 0.5) is 0 Å². The summed E-state index contributed by atoms with van der Waals surface area (Å²) in [6.45, 7) is 4.80. The van der Waals surface area contributed by atoms with E-state index in [1.807, 2.05) is 6.92 Å². The molecule has 1 N–H and O–H groups in total. The van der Waals surface area contributed by atoms with Gasteiger partial charge in [0.1, 0.15) is 0 Å². The Balaban J connectivity index is 3.02. The minimum Gasteiger partial charge on any atom is -0.376 e. The van der Waals surface area contributed by atoms with E-state index in [-0.39, 0.29) is 17.9 Å². The molecule has 0 saturated heterocycles. The van der Waals surface area contributed by atoms with Gasteiger partial charge in [0.2, 0.25) is 0 Å². The second-order valence-electron chi connectivity index (χ2n) is 2.82. The van der Waals surface area contributed by atoms with E-state index in [2.05, 4.69) is 4.98 Å². The molecule has 0 atom stereocenters. The van der Waals surface area contributed by atoms with Crippen LogP contribution in [0.25, 0.3) is 0 Å². The van der Waals surface area contributed by atoms with E-state index in [9.17, 15) is 9.59 Å². The fourth-order valence-electron chi connectivity index (χ4n) is 1.16. The normalized spacial score (nSPS) is 10.4. The highest BCUT2D eigenvalue weighted by atomic mass is 16.5. The molecule has 0 fully saturated rings. The minimum atomic E-state index is -0.380. The molecule has 78 valence electrons. The maximum absolute atomic E-state index is 11.3. The van der Waals surface area contributed by atoms with Gasteiger partial charge >= 0.3 is 5.69 Å². The van der Waals surface area contributed by atoms with Gasteiger partial charge < -0.3 is 9.72 Å². The van der Waals surface area contributed by atoms with Crippen LogP contribution in [0.15, 0.2) is 15.7 Å². The summed E-state index contributed by atoms with van der Waals surface area (Å²) in [4.78, 5) is 25.2. The predicted octanol–water partition coefficient (Wildman–Crippen LogP) is 0.0930. The molecule has 0 amide bonds. The Bertz CT molecular complexity index is 374. The number of H-pyrrole nitrogens is 1. The van der Waals surface area contributed by atoms with E-state index in [1.165, 1.54) is 6.07 Å². The van der Waals surface area contributed by atoms with Gasteiger partial charge in [0.05, 0.1) is 12.3 Å². The van der Waals surface area contributed by atoms with Crippen molar-refractivity contribution in [3.8, 4) is 0 Å². The van der Waals surface area contributed by atoms with E-state index >= 15 is 0 Å². The summed E-state index contributed by atoms with van der Waals surface area (Å²) in [6.07, 6.45) is 0. The van der Waals surface area contributed by atoms with Crippen molar-refractivity contribution in [2.45, 2.75) is 27.0 Å². The van der Waals surface area contributed by atoms with Crippen LogP contribution in [0, 0.1) is 0 Å². The molecule has 1 heterocycles. The number of nitrogens with one attached hydrogen (secondary N) is 1. The monoisotopic (exact) mass is 198 g/mol. The smallest absolute Gasteiger partial charge is 0.328 e. The van der Waals surface area contributed by atoms with Crippen molar-refractivity contribution in [3.63, 3.8) is 0 Å². The van der Waals surface area contributed by atoms with Gasteiger partial charge in [-0.25, -0.2) is 4.79 Å². The fourth-order valence-corrected chi connectivity index (χ4v) is 1.16. The fraction of sp³-hybridized carbons (Fsp3) is 0.556. The van der Waals surface area contributed by atoms with E-state index in [0.29, 0.717) is 18.8 Å². The van der Waals surface area contributed by atoms with E-state index in [0.717, 1.165) is 4.57 Å². The number of nitrogens with zero attached hydrogens (tertiary/aromatic N) is 1. The second kappa shape index (κ2) is 4.76. The van der Waals surface area contributed by atoms with E-state index in [1.54, 1.807) is 6.92 Å². The summed E-state index contributed by atoms with van der Waals surface area (Å²) >= 11 is 0.